The van der Waals surface area contributed by atoms with Gasteiger partial charge in [0.1, 0.15) is 5.41 Å². The fourth-order valence-electron chi connectivity index (χ4n) is 13.0. The Hall–Kier alpha value is -0.570. The Morgan fingerprint density at radius 3 is 2.36 bits per heavy atom. The van der Waals surface area contributed by atoms with E-state index in [1.165, 1.54) is 32.1 Å². The van der Waals surface area contributed by atoms with Crippen molar-refractivity contribution < 1.29 is 14.6 Å². The van der Waals surface area contributed by atoms with E-state index < -0.39 is 11.0 Å². The number of hydrogen-bond donors (Lipinski definition) is 1. The first-order valence-electron chi connectivity index (χ1n) is 10.9. The van der Waals surface area contributed by atoms with Gasteiger partial charge in [0.25, 0.3) is 0 Å². The second-order valence-corrected chi connectivity index (χ2v) is 11.4. The van der Waals surface area contributed by atoms with Crippen molar-refractivity contribution in [1.82, 2.24) is 0 Å². The van der Waals surface area contributed by atoms with Crippen molar-refractivity contribution in [3.8, 4) is 0 Å². The van der Waals surface area contributed by atoms with E-state index in [0.29, 0.717) is 35.5 Å². The average molecular weight is 340 g/mol. The van der Waals surface area contributed by atoms with Crippen molar-refractivity contribution in [1.29, 1.82) is 0 Å². The normalized spacial score (nSPS) is 76.8. The Morgan fingerprint density at radius 1 is 0.920 bits per heavy atom. The molecule has 9 saturated carbocycles. The summed E-state index contributed by atoms with van der Waals surface area (Å²) in [6, 6.07) is 0. The minimum atomic E-state index is -0.761. The molecule has 0 saturated heterocycles. The third kappa shape index (κ3) is 0.822. The van der Waals surface area contributed by atoms with Crippen LogP contribution in [0.5, 0.6) is 0 Å². The van der Waals surface area contributed by atoms with Gasteiger partial charge < -0.3 is 9.84 Å². The predicted molar refractivity (Wildman–Crippen MR) is 89.0 cm³/mol. The number of ether oxygens (including phenoxy) is 1. The van der Waals surface area contributed by atoms with Gasteiger partial charge in [-0.25, -0.2) is 0 Å². The molecule has 9 aliphatic carbocycles. The minimum Gasteiger partial charge on any atom is -0.468 e. The molecule has 25 heavy (non-hydrogen) atoms. The molecule has 3 nitrogen and oxygen atoms in total. The zero-order valence-electron chi connectivity index (χ0n) is 15.2. The number of methoxy groups -OCH3 is 1. The second-order valence-electron chi connectivity index (χ2n) is 11.4. The molecule has 0 amide bonds. The Morgan fingerprint density at radius 2 is 1.60 bits per heavy atom. The van der Waals surface area contributed by atoms with Gasteiger partial charge in [-0.1, -0.05) is 13.3 Å². The number of carbonyl (C=O) groups excluding carboxylic acids is 1. The molecule has 0 aromatic rings. The zero-order chi connectivity index (χ0) is 16.7. The second kappa shape index (κ2) is 3.34. The van der Waals surface area contributed by atoms with Crippen LogP contribution in [0, 0.1) is 75.9 Å². The Labute approximate surface area is 148 Å². The lowest BCUT2D eigenvalue weighted by molar-refractivity contribution is -0.262. The van der Waals surface area contributed by atoms with Gasteiger partial charge in [0.05, 0.1) is 12.7 Å². The van der Waals surface area contributed by atoms with Crippen LogP contribution >= 0.6 is 0 Å². The summed E-state index contributed by atoms with van der Waals surface area (Å²) >= 11 is 0. The molecule has 14 atom stereocenters. The average Bonchev–Trinajstić information content (AvgIpc) is 3.34. The summed E-state index contributed by atoms with van der Waals surface area (Å²) in [5.74, 6) is 7.12. The third-order valence-corrected chi connectivity index (χ3v) is 12.2. The monoisotopic (exact) mass is 340 g/mol. The molecule has 9 aliphatic rings. The number of esters is 1. The van der Waals surface area contributed by atoms with Crippen LogP contribution in [-0.2, 0) is 9.53 Å². The van der Waals surface area contributed by atoms with E-state index in [4.69, 9.17) is 4.74 Å². The number of rotatable bonds is 1. The topological polar surface area (TPSA) is 46.5 Å². The highest BCUT2D eigenvalue weighted by Gasteiger charge is 3.01. The van der Waals surface area contributed by atoms with E-state index in [-0.39, 0.29) is 11.4 Å². The Balaban J connectivity index is 1.53. The summed E-state index contributed by atoms with van der Waals surface area (Å²) < 4.78 is 5.56. The summed E-state index contributed by atoms with van der Waals surface area (Å²) in [6.07, 6.45) is 6.43. The SMILES string of the molecule is COC(=O)C12C3C4CCCC4C4C3C3C5C6C(CCC6C1(O)C45C)C32. The van der Waals surface area contributed by atoms with E-state index in [9.17, 15) is 9.90 Å². The van der Waals surface area contributed by atoms with Crippen LogP contribution < -0.4 is 0 Å². The van der Waals surface area contributed by atoms with Crippen LogP contribution in [0.15, 0.2) is 0 Å². The Bertz CT molecular complexity index is 762. The highest BCUT2D eigenvalue weighted by Crippen LogP contribution is 2.98. The van der Waals surface area contributed by atoms with Crippen molar-refractivity contribution in [2.24, 2.45) is 75.9 Å². The number of fused-ring (bicyclic) bond motifs is 1. The summed E-state index contributed by atoms with van der Waals surface area (Å²) in [4.78, 5) is 13.6. The van der Waals surface area contributed by atoms with Crippen LogP contribution in [0.2, 0.25) is 0 Å². The molecule has 14 unspecified atom stereocenters. The highest BCUT2D eigenvalue weighted by molar-refractivity contribution is 5.83. The number of carbonyl (C=O) groups is 1. The van der Waals surface area contributed by atoms with Crippen LogP contribution in [-0.4, -0.2) is 23.8 Å². The van der Waals surface area contributed by atoms with E-state index >= 15 is 0 Å². The fraction of sp³-hybridized carbons (Fsp3) is 0.955. The first-order chi connectivity index (χ1) is 12.1. The van der Waals surface area contributed by atoms with E-state index in [2.05, 4.69) is 6.92 Å². The highest BCUT2D eigenvalue weighted by atomic mass is 16.5. The van der Waals surface area contributed by atoms with Crippen LogP contribution in [0.4, 0.5) is 0 Å². The first kappa shape index (κ1) is 13.6. The van der Waals surface area contributed by atoms with Gasteiger partial charge in [-0.15, -0.1) is 0 Å². The van der Waals surface area contributed by atoms with Gasteiger partial charge in [-0.3, -0.25) is 4.79 Å². The number of hydrogen-bond acceptors (Lipinski definition) is 3. The lowest BCUT2D eigenvalue weighted by Crippen LogP contribution is -2.72. The van der Waals surface area contributed by atoms with Crippen LogP contribution in [0.1, 0.15) is 39.0 Å². The molecular weight excluding hydrogens is 312 g/mol. The van der Waals surface area contributed by atoms with E-state index in [0.717, 1.165) is 29.6 Å². The molecular formula is C22H28O3. The summed E-state index contributed by atoms with van der Waals surface area (Å²) in [5, 5.41) is 12.6. The summed E-state index contributed by atoms with van der Waals surface area (Å²) in [5.41, 5.74) is -1.30. The third-order valence-electron chi connectivity index (χ3n) is 12.2. The smallest absolute Gasteiger partial charge is 0.315 e. The minimum absolute atomic E-state index is 0.00220. The van der Waals surface area contributed by atoms with Crippen LogP contribution in [0.25, 0.3) is 0 Å². The maximum Gasteiger partial charge on any atom is 0.315 e. The molecule has 9 fully saturated rings. The van der Waals surface area contributed by atoms with E-state index in [1.54, 1.807) is 7.11 Å². The molecule has 134 valence electrons. The van der Waals surface area contributed by atoms with Gasteiger partial charge in [0, 0.05) is 5.41 Å². The molecule has 0 spiro atoms. The van der Waals surface area contributed by atoms with Crippen molar-refractivity contribution >= 4 is 5.97 Å². The van der Waals surface area contributed by atoms with Crippen molar-refractivity contribution in [3.05, 3.63) is 0 Å². The van der Waals surface area contributed by atoms with Crippen LogP contribution in [0.3, 0.4) is 0 Å². The van der Waals surface area contributed by atoms with Gasteiger partial charge in [0.2, 0.25) is 0 Å². The quantitative estimate of drug-likeness (QED) is 0.747. The van der Waals surface area contributed by atoms with Crippen molar-refractivity contribution in [2.45, 2.75) is 44.6 Å². The predicted octanol–water partition coefficient (Wildman–Crippen LogP) is 2.72. The Kier molecular flexibility index (Phi) is 1.81. The molecule has 0 aliphatic heterocycles. The van der Waals surface area contributed by atoms with Gasteiger partial charge in [0.15, 0.2) is 0 Å². The van der Waals surface area contributed by atoms with Gasteiger partial charge in [-0.05, 0) is 90.8 Å². The first-order valence-corrected chi connectivity index (χ1v) is 10.9. The number of aliphatic hydroxyl groups is 1. The summed E-state index contributed by atoms with van der Waals surface area (Å²) in [6.45, 7) is 2.45. The zero-order valence-corrected chi connectivity index (χ0v) is 15.2. The fourth-order valence-corrected chi connectivity index (χ4v) is 13.0. The lowest BCUT2D eigenvalue weighted by Gasteiger charge is -2.62. The molecule has 0 aromatic carbocycles. The molecule has 9 rings (SSSR count). The molecule has 0 heterocycles. The largest absolute Gasteiger partial charge is 0.468 e. The molecule has 3 heteroatoms. The molecule has 0 radical (unpaired) electrons. The van der Waals surface area contributed by atoms with Gasteiger partial charge >= 0.3 is 5.97 Å². The molecule has 1 N–H and O–H groups in total. The summed E-state index contributed by atoms with van der Waals surface area (Å²) in [7, 11) is 1.58. The standard InChI is InChI=1S/C22H28O3/c1-20-15-8-4-3-5-9(8)16-13(15)14-17-10-6-7-11(12(10)18(14)20)22(20,24)21(16,17)19(23)25-2/h8-18,24H,3-7H2,1-2H3. The van der Waals surface area contributed by atoms with E-state index in [1.807, 2.05) is 0 Å². The molecule has 0 aromatic heterocycles. The maximum atomic E-state index is 13.6. The van der Waals surface area contributed by atoms with Gasteiger partial charge in [-0.2, -0.15) is 0 Å². The lowest BCUT2D eigenvalue weighted by atomic mass is 9.43. The molecule has 9 bridgehead atoms. The van der Waals surface area contributed by atoms with Crippen molar-refractivity contribution in [2.75, 3.05) is 7.11 Å². The van der Waals surface area contributed by atoms with Crippen molar-refractivity contribution in [3.63, 3.8) is 0 Å². The maximum absolute atomic E-state index is 13.6.